The Balaban J connectivity index is 0.000000238. The molecule has 0 aromatic carbocycles. The molecule has 3 aromatic heterocycles. The molecule has 0 saturated heterocycles. The van der Waals surface area contributed by atoms with E-state index in [4.69, 9.17) is 4.42 Å². The molecule has 0 aliphatic heterocycles. The third-order valence-corrected chi connectivity index (χ3v) is 5.11. The SMILES string of the molecule is CCCc1nc2sc3c(c2c(=O)[nH]1)CCCC3=O.Cc1ccco1. The van der Waals surface area contributed by atoms with Gasteiger partial charge in [0.25, 0.3) is 5.56 Å². The van der Waals surface area contributed by atoms with Gasteiger partial charge in [0, 0.05) is 12.8 Å². The molecular weight excluding hydrogens is 324 g/mol. The van der Waals surface area contributed by atoms with Crippen molar-refractivity contribution in [2.45, 2.75) is 46.0 Å². The topological polar surface area (TPSA) is 76.0 Å². The summed E-state index contributed by atoms with van der Waals surface area (Å²) in [4.78, 5) is 32.7. The Kier molecular flexibility index (Phi) is 4.94. The van der Waals surface area contributed by atoms with Crippen molar-refractivity contribution in [1.82, 2.24) is 9.97 Å². The fraction of sp³-hybridized carbons (Fsp3) is 0.389. The maximum atomic E-state index is 12.1. The summed E-state index contributed by atoms with van der Waals surface area (Å²) in [5.74, 6) is 1.85. The van der Waals surface area contributed by atoms with E-state index in [0.717, 1.165) is 52.5 Å². The lowest BCUT2D eigenvalue weighted by atomic mass is 9.96. The number of carbonyl (C=O) groups is 1. The predicted molar refractivity (Wildman–Crippen MR) is 94.9 cm³/mol. The second-order valence-corrected chi connectivity index (χ2v) is 6.85. The van der Waals surface area contributed by atoms with Gasteiger partial charge in [-0.15, -0.1) is 11.3 Å². The molecule has 6 heteroatoms. The lowest BCUT2D eigenvalue weighted by molar-refractivity contribution is 0.0977. The number of nitrogens with one attached hydrogen (secondary N) is 1. The highest BCUT2D eigenvalue weighted by Gasteiger charge is 2.24. The van der Waals surface area contributed by atoms with Crippen molar-refractivity contribution < 1.29 is 9.21 Å². The molecule has 5 nitrogen and oxygen atoms in total. The van der Waals surface area contributed by atoms with E-state index in [1.165, 1.54) is 11.3 Å². The van der Waals surface area contributed by atoms with Gasteiger partial charge in [-0.25, -0.2) is 4.98 Å². The predicted octanol–water partition coefficient (Wildman–Crippen LogP) is 4.04. The van der Waals surface area contributed by atoms with Crippen molar-refractivity contribution >= 4 is 27.3 Å². The summed E-state index contributed by atoms with van der Waals surface area (Å²) in [6.45, 7) is 3.97. The van der Waals surface area contributed by atoms with Crippen molar-refractivity contribution in [1.29, 1.82) is 0 Å². The summed E-state index contributed by atoms with van der Waals surface area (Å²) in [6.07, 6.45) is 5.63. The molecule has 24 heavy (non-hydrogen) atoms. The first kappa shape index (κ1) is 16.6. The summed E-state index contributed by atoms with van der Waals surface area (Å²) < 4.78 is 4.83. The van der Waals surface area contributed by atoms with Crippen LogP contribution in [0.4, 0.5) is 0 Å². The van der Waals surface area contributed by atoms with Crippen LogP contribution in [-0.2, 0) is 12.8 Å². The van der Waals surface area contributed by atoms with Gasteiger partial charge in [0.1, 0.15) is 16.4 Å². The summed E-state index contributed by atoms with van der Waals surface area (Å²) in [7, 11) is 0. The zero-order chi connectivity index (χ0) is 17.1. The minimum absolute atomic E-state index is 0.0874. The molecule has 1 N–H and O–H groups in total. The molecule has 3 aromatic rings. The van der Waals surface area contributed by atoms with E-state index in [-0.39, 0.29) is 11.3 Å². The van der Waals surface area contributed by atoms with Crippen LogP contribution in [0.2, 0.25) is 0 Å². The Morgan fingerprint density at radius 3 is 2.79 bits per heavy atom. The summed E-state index contributed by atoms with van der Waals surface area (Å²) in [5.41, 5.74) is 0.832. The van der Waals surface area contributed by atoms with E-state index in [9.17, 15) is 9.59 Å². The molecule has 0 fully saturated rings. The van der Waals surface area contributed by atoms with Crippen LogP contribution in [0.5, 0.6) is 0 Å². The van der Waals surface area contributed by atoms with Gasteiger partial charge >= 0.3 is 0 Å². The quantitative estimate of drug-likeness (QED) is 0.761. The van der Waals surface area contributed by atoms with Crippen LogP contribution in [0, 0.1) is 6.92 Å². The smallest absolute Gasteiger partial charge is 0.259 e. The number of hydrogen-bond acceptors (Lipinski definition) is 5. The number of aromatic amines is 1. The van der Waals surface area contributed by atoms with Gasteiger partial charge in [-0.2, -0.15) is 0 Å². The maximum Gasteiger partial charge on any atom is 0.259 e. The van der Waals surface area contributed by atoms with E-state index in [1.807, 2.05) is 26.0 Å². The fourth-order valence-corrected chi connectivity index (χ4v) is 4.04. The number of aryl methyl sites for hydroxylation is 3. The number of H-pyrrole nitrogens is 1. The van der Waals surface area contributed by atoms with Gasteiger partial charge in [-0.1, -0.05) is 6.92 Å². The average Bonchev–Trinajstić information content (AvgIpc) is 3.16. The normalized spacial score (nSPS) is 13.5. The Hall–Kier alpha value is -2.21. The van der Waals surface area contributed by atoms with Crippen molar-refractivity contribution in [2.24, 2.45) is 0 Å². The molecule has 0 radical (unpaired) electrons. The highest BCUT2D eigenvalue weighted by molar-refractivity contribution is 7.20. The lowest BCUT2D eigenvalue weighted by Crippen LogP contribution is -2.14. The second-order valence-electron chi connectivity index (χ2n) is 5.85. The van der Waals surface area contributed by atoms with Crippen molar-refractivity contribution in [2.75, 3.05) is 0 Å². The van der Waals surface area contributed by atoms with Gasteiger partial charge in [0.2, 0.25) is 0 Å². The van der Waals surface area contributed by atoms with Crippen LogP contribution in [-0.4, -0.2) is 15.8 Å². The van der Waals surface area contributed by atoms with E-state index in [0.29, 0.717) is 11.8 Å². The number of ketones is 1. The molecule has 126 valence electrons. The standard InChI is InChI=1S/C13H14N2O2S.C5H6O/c1-2-4-9-14-12(17)10-7-5-3-6-8(16)11(7)18-13(10)15-9;1-5-3-2-4-6-5/h2-6H2,1H3,(H,14,15,17);2-4H,1H3. The average molecular weight is 344 g/mol. The summed E-state index contributed by atoms with van der Waals surface area (Å²) in [5, 5.41) is 0.642. The van der Waals surface area contributed by atoms with Gasteiger partial charge in [0.15, 0.2) is 5.78 Å². The number of rotatable bonds is 2. The van der Waals surface area contributed by atoms with E-state index in [2.05, 4.69) is 9.97 Å². The minimum Gasteiger partial charge on any atom is -0.470 e. The monoisotopic (exact) mass is 344 g/mol. The van der Waals surface area contributed by atoms with E-state index >= 15 is 0 Å². The molecule has 0 amide bonds. The first-order valence-corrected chi connectivity index (χ1v) is 8.99. The number of thiophene rings is 1. The number of hydrogen-bond donors (Lipinski definition) is 1. The molecule has 3 heterocycles. The number of carbonyl (C=O) groups excluding carboxylic acids is 1. The Morgan fingerprint density at radius 1 is 1.33 bits per heavy atom. The molecule has 1 aliphatic carbocycles. The van der Waals surface area contributed by atoms with Crippen LogP contribution in [0.15, 0.2) is 27.6 Å². The van der Waals surface area contributed by atoms with E-state index < -0.39 is 0 Å². The van der Waals surface area contributed by atoms with Gasteiger partial charge < -0.3 is 9.40 Å². The molecular formula is C18H20N2O3S. The number of fused-ring (bicyclic) bond motifs is 3. The third kappa shape index (κ3) is 3.33. The minimum atomic E-state index is -0.0874. The first-order chi connectivity index (χ1) is 11.6. The van der Waals surface area contributed by atoms with Gasteiger partial charge in [0.05, 0.1) is 16.5 Å². The molecule has 0 bridgehead atoms. The number of furan rings is 1. The van der Waals surface area contributed by atoms with Gasteiger partial charge in [-0.05, 0) is 43.9 Å². The van der Waals surface area contributed by atoms with Crippen molar-refractivity contribution in [3.8, 4) is 0 Å². The van der Waals surface area contributed by atoms with Crippen LogP contribution in [0.3, 0.4) is 0 Å². The van der Waals surface area contributed by atoms with Crippen molar-refractivity contribution in [3.63, 3.8) is 0 Å². The van der Waals surface area contributed by atoms with Crippen LogP contribution >= 0.6 is 11.3 Å². The summed E-state index contributed by atoms with van der Waals surface area (Å²) >= 11 is 1.38. The Morgan fingerprint density at radius 2 is 2.17 bits per heavy atom. The zero-order valence-electron chi connectivity index (χ0n) is 13.8. The first-order valence-electron chi connectivity index (χ1n) is 8.18. The Labute approximate surface area is 143 Å². The number of aromatic nitrogens is 2. The van der Waals surface area contributed by atoms with Gasteiger partial charge in [-0.3, -0.25) is 9.59 Å². The molecule has 4 rings (SSSR count). The zero-order valence-corrected chi connectivity index (χ0v) is 14.7. The summed E-state index contributed by atoms with van der Waals surface area (Å²) in [6, 6.07) is 3.79. The number of Topliss-reactive ketones (excluding diaryl/α,β-unsaturated/α-hetero) is 1. The third-order valence-electron chi connectivity index (χ3n) is 3.94. The fourth-order valence-electron chi connectivity index (χ4n) is 2.83. The maximum absolute atomic E-state index is 12.1. The molecule has 0 unspecified atom stereocenters. The van der Waals surface area contributed by atoms with E-state index in [1.54, 1.807) is 6.26 Å². The molecule has 1 aliphatic rings. The van der Waals surface area contributed by atoms with Crippen molar-refractivity contribution in [3.05, 3.63) is 50.8 Å². The second kappa shape index (κ2) is 7.13. The Bertz CT molecular complexity index is 906. The molecule has 0 atom stereocenters. The van der Waals surface area contributed by atoms with Crippen LogP contribution in [0.25, 0.3) is 10.2 Å². The largest absolute Gasteiger partial charge is 0.470 e. The highest BCUT2D eigenvalue weighted by Crippen LogP contribution is 2.33. The highest BCUT2D eigenvalue weighted by atomic mass is 32.1. The van der Waals surface area contributed by atoms with Crippen LogP contribution in [0.1, 0.15) is 53.0 Å². The lowest BCUT2D eigenvalue weighted by Gasteiger charge is -2.08. The molecule has 0 spiro atoms. The molecule has 0 saturated carbocycles. The number of nitrogens with zero attached hydrogens (tertiary/aromatic N) is 1. The van der Waals surface area contributed by atoms with Crippen LogP contribution < -0.4 is 5.56 Å².